The molecule has 1 amide bonds. The van der Waals surface area contributed by atoms with Crippen molar-refractivity contribution in [3.8, 4) is 0 Å². The molecule has 9 nitrogen and oxygen atoms in total. The summed E-state index contributed by atoms with van der Waals surface area (Å²) < 4.78 is 20.0. The third-order valence-electron chi connectivity index (χ3n) is 7.40. The Labute approximate surface area is 229 Å². The average molecular weight is 538 g/mol. The van der Waals surface area contributed by atoms with Gasteiger partial charge in [-0.3, -0.25) is 4.79 Å². The number of amides is 1. The summed E-state index contributed by atoms with van der Waals surface area (Å²) in [5.74, 6) is 0.885. The topological polar surface area (TPSA) is 108 Å². The first kappa shape index (κ1) is 24.5. The van der Waals surface area contributed by atoms with Crippen molar-refractivity contribution in [1.82, 2.24) is 19.9 Å². The molecule has 0 atom stereocenters. The van der Waals surface area contributed by atoms with E-state index in [9.17, 15) is 9.18 Å². The predicted octanol–water partition coefficient (Wildman–Crippen LogP) is 5.66. The van der Waals surface area contributed by atoms with Crippen LogP contribution in [0.5, 0.6) is 0 Å². The van der Waals surface area contributed by atoms with Crippen LogP contribution in [0.4, 0.5) is 27.4 Å². The van der Waals surface area contributed by atoms with Crippen molar-refractivity contribution >= 4 is 50.9 Å². The van der Waals surface area contributed by atoms with Gasteiger partial charge in [0.05, 0.1) is 29.8 Å². The van der Waals surface area contributed by atoms with Crippen molar-refractivity contribution in [2.24, 2.45) is 0 Å². The SMILES string of the molecule is Cc1cccc2cnc(Nc3cc(C(=O)Nc4cc(F)cc(N5CCOCC5)c4)c4nc(C5CC5)[nH]c4c3)nc12. The quantitative estimate of drug-likeness (QED) is 0.256. The third-order valence-corrected chi connectivity index (χ3v) is 7.40. The Morgan fingerprint density at radius 3 is 2.73 bits per heavy atom. The fourth-order valence-electron chi connectivity index (χ4n) is 5.17. The highest BCUT2D eigenvalue weighted by Gasteiger charge is 2.28. The van der Waals surface area contributed by atoms with Crippen LogP contribution in [-0.4, -0.2) is 52.1 Å². The van der Waals surface area contributed by atoms with E-state index in [2.05, 4.69) is 20.6 Å². The van der Waals surface area contributed by atoms with E-state index < -0.39 is 5.82 Å². The number of ether oxygens (including phenoxy) is 1. The number of nitrogens with one attached hydrogen (secondary N) is 3. The molecule has 1 aliphatic carbocycles. The number of rotatable bonds is 6. The van der Waals surface area contributed by atoms with Crippen molar-refractivity contribution in [1.29, 1.82) is 0 Å². The fraction of sp³-hybridized carbons (Fsp3) is 0.267. The summed E-state index contributed by atoms with van der Waals surface area (Å²) in [6.45, 7) is 4.50. The number of aryl methyl sites for hydroxylation is 1. The zero-order chi connectivity index (χ0) is 27.2. The predicted molar refractivity (Wildman–Crippen MR) is 153 cm³/mol. The van der Waals surface area contributed by atoms with E-state index in [4.69, 9.17) is 14.7 Å². The number of morpholine rings is 1. The first-order valence-electron chi connectivity index (χ1n) is 13.5. The maximum absolute atomic E-state index is 14.6. The van der Waals surface area contributed by atoms with Crippen LogP contribution < -0.4 is 15.5 Å². The van der Waals surface area contributed by atoms with Gasteiger partial charge in [0.2, 0.25) is 5.95 Å². The minimum atomic E-state index is -0.417. The molecule has 7 rings (SSSR count). The number of hydrogen-bond acceptors (Lipinski definition) is 7. The summed E-state index contributed by atoms with van der Waals surface area (Å²) in [4.78, 5) is 33.0. The summed E-state index contributed by atoms with van der Waals surface area (Å²) in [6.07, 6.45) is 3.93. The number of aromatic nitrogens is 4. The summed E-state index contributed by atoms with van der Waals surface area (Å²) in [7, 11) is 0. The standard InChI is InChI=1S/C30H28FN7O2/c1-17-3-2-4-19-16-32-30(37-26(17)19)34-22-14-24(27-25(15-22)35-28(36-27)18-5-6-18)29(39)33-21-11-20(31)12-23(13-21)38-7-9-40-10-8-38/h2-4,11-16,18H,5-10H2,1H3,(H,33,39)(H,35,36)(H,32,34,37). The lowest BCUT2D eigenvalue weighted by molar-refractivity contribution is 0.102. The second-order valence-electron chi connectivity index (χ2n) is 10.4. The fourth-order valence-corrected chi connectivity index (χ4v) is 5.17. The first-order chi connectivity index (χ1) is 19.5. The molecule has 1 aliphatic heterocycles. The number of anilines is 4. The maximum atomic E-state index is 14.6. The lowest BCUT2D eigenvalue weighted by atomic mass is 10.1. The summed E-state index contributed by atoms with van der Waals surface area (Å²) in [5.41, 5.74) is 5.32. The van der Waals surface area contributed by atoms with Gasteiger partial charge in [-0.15, -0.1) is 0 Å². The van der Waals surface area contributed by atoms with Crippen molar-refractivity contribution in [3.05, 3.63) is 77.5 Å². The Hall–Kier alpha value is -4.57. The smallest absolute Gasteiger partial charge is 0.258 e. The van der Waals surface area contributed by atoms with E-state index in [1.807, 2.05) is 36.1 Å². The molecule has 3 aromatic carbocycles. The molecule has 1 saturated carbocycles. The third kappa shape index (κ3) is 4.82. The van der Waals surface area contributed by atoms with Crippen LogP contribution in [0.1, 0.15) is 40.5 Å². The Kier molecular flexibility index (Phi) is 6.04. The van der Waals surface area contributed by atoms with Crippen molar-refractivity contribution in [3.63, 3.8) is 0 Å². The molecular formula is C30H28FN7O2. The minimum Gasteiger partial charge on any atom is -0.378 e. The van der Waals surface area contributed by atoms with Gasteiger partial charge in [-0.05, 0) is 55.7 Å². The van der Waals surface area contributed by atoms with Crippen LogP contribution in [0.25, 0.3) is 21.9 Å². The van der Waals surface area contributed by atoms with E-state index in [0.29, 0.717) is 66.3 Å². The molecule has 202 valence electrons. The summed E-state index contributed by atoms with van der Waals surface area (Å²) in [5, 5.41) is 7.11. The van der Waals surface area contributed by atoms with Gasteiger partial charge in [0, 0.05) is 47.7 Å². The van der Waals surface area contributed by atoms with Gasteiger partial charge >= 0.3 is 0 Å². The number of nitrogens with zero attached hydrogens (tertiary/aromatic N) is 4. The molecule has 1 saturated heterocycles. The highest BCUT2D eigenvalue weighted by Crippen LogP contribution is 2.40. The second kappa shape index (κ2) is 9.87. The van der Waals surface area contributed by atoms with Crippen molar-refractivity contribution in [2.75, 3.05) is 41.8 Å². The minimum absolute atomic E-state index is 0.373. The number of imidazole rings is 1. The highest BCUT2D eigenvalue weighted by molar-refractivity contribution is 6.12. The molecule has 0 unspecified atom stereocenters. The van der Waals surface area contributed by atoms with Crippen LogP contribution in [-0.2, 0) is 4.74 Å². The van der Waals surface area contributed by atoms with Crippen LogP contribution in [0.2, 0.25) is 0 Å². The van der Waals surface area contributed by atoms with Gasteiger partial charge in [-0.1, -0.05) is 18.2 Å². The van der Waals surface area contributed by atoms with Gasteiger partial charge in [-0.2, -0.15) is 0 Å². The van der Waals surface area contributed by atoms with Gasteiger partial charge in [0.25, 0.3) is 5.91 Å². The van der Waals surface area contributed by atoms with E-state index in [-0.39, 0.29) is 5.91 Å². The maximum Gasteiger partial charge on any atom is 0.258 e. The van der Waals surface area contributed by atoms with E-state index in [1.165, 1.54) is 12.1 Å². The van der Waals surface area contributed by atoms with Gasteiger partial charge < -0.3 is 25.3 Å². The molecule has 40 heavy (non-hydrogen) atoms. The lowest BCUT2D eigenvalue weighted by Gasteiger charge is -2.29. The Balaban J connectivity index is 1.23. The molecule has 3 heterocycles. The molecule has 0 spiro atoms. The number of hydrogen-bond donors (Lipinski definition) is 3. The van der Waals surface area contributed by atoms with Crippen LogP contribution in [0.15, 0.2) is 54.7 Å². The number of halogens is 1. The Bertz CT molecular complexity index is 1760. The number of benzene rings is 3. The first-order valence-corrected chi connectivity index (χ1v) is 13.5. The molecular weight excluding hydrogens is 509 g/mol. The normalized spacial score (nSPS) is 15.5. The van der Waals surface area contributed by atoms with Gasteiger partial charge in [-0.25, -0.2) is 19.3 Å². The zero-order valence-electron chi connectivity index (χ0n) is 22.0. The number of carbonyl (C=O) groups is 1. The Morgan fingerprint density at radius 1 is 1.05 bits per heavy atom. The highest BCUT2D eigenvalue weighted by atomic mass is 19.1. The van der Waals surface area contributed by atoms with E-state index in [1.54, 1.807) is 18.3 Å². The number of aromatic amines is 1. The molecule has 3 N–H and O–H groups in total. The Morgan fingerprint density at radius 2 is 1.90 bits per heavy atom. The second-order valence-corrected chi connectivity index (χ2v) is 10.4. The van der Waals surface area contributed by atoms with Crippen LogP contribution in [0, 0.1) is 12.7 Å². The molecule has 10 heteroatoms. The van der Waals surface area contributed by atoms with Gasteiger partial charge in [0.1, 0.15) is 17.2 Å². The molecule has 5 aromatic rings. The lowest BCUT2D eigenvalue weighted by Crippen LogP contribution is -2.36. The zero-order valence-corrected chi connectivity index (χ0v) is 22.0. The van der Waals surface area contributed by atoms with Gasteiger partial charge in [0.15, 0.2) is 0 Å². The largest absolute Gasteiger partial charge is 0.378 e. The summed E-state index contributed by atoms with van der Waals surface area (Å²) >= 11 is 0. The molecule has 2 fully saturated rings. The monoisotopic (exact) mass is 537 g/mol. The molecule has 2 aromatic heterocycles. The van der Waals surface area contributed by atoms with E-state index >= 15 is 0 Å². The van der Waals surface area contributed by atoms with Crippen LogP contribution in [0.3, 0.4) is 0 Å². The van der Waals surface area contributed by atoms with Crippen molar-refractivity contribution < 1.29 is 13.9 Å². The van der Waals surface area contributed by atoms with Crippen LogP contribution >= 0.6 is 0 Å². The van der Waals surface area contributed by atoms with Crippen molar-refractivity contribution in [2.45, 2.75) is 25.7 Å². The van der Waals surface area contributed by atoms with E-state index in [0.717, 1.165) is 40.6 Å². The number of H-pyrrole nitrogens is 1. The number of carbonyl (C=O) groups excluding carboxylic acids is 1. The molecule has 2 aliphatic rings. The number of para-hydroxylation sites is 1. The average Bonchev–Trinajstić information content (AvgIpc) is 3.72. The summed E-state index contributed by atoms with van der Waals surface area (Å²) in [6, 6.07) is 14.2. The molecule has 0 radical (unpaired) electrons. The number of fused-ring (bicyclic) bond motifs is 2. The molecule has 0 bridgehead atoms.